The van der Waals surface area contributed by atoms with Crippen LogP contribution >= 0.6 is 35.7 Å². The summed E-state index contributed by atoms with van der Waals surface area (Å²) >= 11 is 1.83. The van der Waals surface area contributed by atoms with Gasteiger partial charge in [0.15, 0.2) is 5.96 Å². The molecule has 1 aliphatic rings. The van der Waals surface area contributed by atoms with Crippen LogP contribution in [0, 0.1) is 5.92 Å². The number of methoxy groups -OCH3 is 1. The van der Waals surface area contributed by atoms with Gasteiger partial charge in [-0.15, -0.1) is 35.7 Å². The zero-order chi connectivity index (χ0) is 18.1. The van der Waals surface area contributed by atoms with Crippen molar-refractivity contribution in [3.05, 3.63) is 24.3 Å². The second kappa shape index (κ2) is 11.9. The molecule has 0 saturated carbocycles. The lowest BCUT2D eigenvalue weighted by atomic mass is 10.0. The second-order valence-electron chi connectivity index (χ2n) is 6.78. The van der Waals surface area contributed by atoms with Crippen molar-refractivity contribution < 1.29 is 9.47 Å². The zero-order valence-corrected chi connectivity index (χ0v) is 19.4. The molecule has 0 radical (unpaired) electrons. The highest BCUT2D eigenvalue weighted by molar-refractivity contribution is 14.0. The van der Waals surface area contributed by atoms with Crippen molar-refractivity contribution in [1.82, 2.24) is 10.6 Å². The lowest BCUT2D eigenvalue weighted by Crippen LogP contribution is -2.46. The van der Waals surface area contributed by atoms with Gasteiger partial charge in [0.05, 0.1) is 12.7 Å². The van der Waals surface area contributed by atoms with Crippen LogP contribution in [0.4, 0.5) is 0 Å². The van der Waals surface area contributed by atoms with E-state index in [9.17, 15) is 0 Å². The van der Waals surface area contributed by atoms with Crippen molar-refractivity contribution in [2.45, 2.75) is 37.2 Å². The van der Waals surface area contributed by atoms with E-state index in [1.165, 1.54) is 4.90 Å². The maximum Gasteiger partial charge on any atom is 0.191 e. The molecule has 0 aromatic heterocycles. The lowest BCUT2D eigenvalue weighted by Gasteiger charge is -2.25. The van der Waals surface area contributed by atoms with E-state index >= 15 is 0 Å². The van der Waals surface area contributed by atoms with Crippen molar-refractivity contribution in [1.29, 1.82) is 0 Å². The van der Waals surface area contributed by atoms with Gasteiger partial charge in [-0.25, -0.2) is 0 Å². The molecule has 0 bridgehead atoms. The smallest absolute Gasteiger partial charge is 0.191 e. The molecular formula is C19H32IN3O2S. The van der Waals surface area contributed by atoms with Gasteiger partial charge in [0.2, 0.25) is 0 Å². The van der Waals surface area contributed by atoms with Crippen LogP contribution in [0.5, 0.6) is 5.75 Å². The minimum Gasteiger partial charge on any atom is -0.496 e. The van der Waals surface area contributed by atoms with Crippen molar-refractivity contribution in [3.63, 3.8) is 0 Å². The normalized spacial score (nSPS) is 21.0. The van der Waals surface area contributed by atoms with E-state index in [2.05, 4.69) is 35.5 Å². The molecule has 5 nitrogen and oxygen atoms in total. The van der Waals surface area contributed by atoms with Crippen LogP contribution in [0.25, 0.3) is 0 Å². The summed E-state index contributed by atoms with van der Waals surface area (Å²) < 4.78 is 11.2. The standard InChI is InChI=1S/C19H31N3O2S.HI/c1-15(13-25-17-9-6-5-8-16(17)23-4)12-21-18(20-3)22-14-19(2)10-7-11-24-19;/h5-6,8-9,15H,7,10-14H2,1-4H3,(H2,20,21,22);1H. The number of halogens is 1. The van der Waals surface area contributed by atoms with Crippen molar-refractivity contribution >= 4 is 41.7 Å². The largest absolute Gasteiger partial charge is 0.496 e. The fraction of sp³-hybridized carbons (Fsp3) is 0.632. The molecule has 1 fully saturated rings. The van der Waals surface area contributed by atoms with Gasteiger partial charge < -0.3 is 20.1 Å². The molecule has 148 valence electrons. The number of rotatable bonds is 8. The van der Waals surface area contributed by atoms with E-state index in [1.54, 1.807) is 14.2 Å². The van der Waals surface area contributed by atoms with Crippen molar-refractivity contribution in [2.75, 3.05) is 39.6 Å². The number of guanidine groups is 1. The average molecular weight is 493 g/mol. The summed E-state index contributed by atoms with van der Waals surface area (Å²) in [6.45, 7) is 6.93. The molecule has 2 N–H and O–H groups in total. The van der Waals surface area contributed by atoms with E-state index in [0.29, 0.717) is 5.92 Å². The van der Waals surface area contributed by atoms with Crippen LogP contribution in [0.3, 0.4) is 0 Å². The van der Waals surface area contributed by atoms with Gasteiger partial charge in [-0.1, -0.05) is 19.1 Å². The number of para-hydroxylation sites is 1. The maximum atomic E-state index is 5.81. The quantitative estimate of drug-likeness (QED) is 0.250. The molecule has 1 aromatic carbocycles. The topological polar surface area (TPSA) is 54.9 Å². The molecule has 1 saturated heterocycles. The molecule has 0 amide bonds. The van der Waals surface area contributed by atoms with E-state index in [1.807, 2.05) is 30.0 Å². The molecule has 2 atom stereocenters. The summed E-state index contributed by atoms with van der Waals surface area (Å²) in [6.07, 6.45) is 2.24. The monoisotopic (exact) mass is 493 g/mol. The summed E-state index contributed by atoms with van der Waals surface area (Å²) in [4.78, 5) is 5.50. The van der Waals surface area contributed by atoms with Crippen LogP contribution in [0.15, 0.2) is 34.2 Å². The highest BCUT2D eigenvalue weighted by Gasteiger charge is 2.29. The number of ether oxygens (including phenoxy) is 2. The third-order valence-corrected chi connectivity index (χ3v) is 5.75. The number of nitrogens with one attached hydrogen (secondary N) is 2. The van der Waals surface area contributed by atoms with Crippen LogP contribution in [-0.4, -0.2) is 51.2 Å². The Morgan fingerprint density at radius 3 is 2.81 bits per heavy atom. The molecule has 1 aliphatic heterocycles. The Morgan fingerprint density at radius 1 is 1.38 bits per heavy atom. The highest BCUT2D eigenvalue weighted by Crippen LogP contribution is 2.29. The third kappa shape index (κ3) is 7.52. The highest BCUT2D eigenvalue weighted by atomic mass is 127. The number of nitrogens with zero attached hydrogens (tertiary/aromatic N) is 1. The first-order chi connectivity index (χ1) is 12.1. The Bertz CT molecular complexity index is 565. The average Bonchev–Trinajstić information content (AvgIpc) is 3.07. The van der Waals surface area contributed by atoms with Crippen LogP contribution in [0.2, 0.25) is 0 Å². The fourth-order valence-electron chi connectivity index (χ4n) is 2.77. The molecule has 26 heavy (non-hydrogen) atoms. The van der Waals surface area contributed by atoms with Gasteiger partial charge in [0.1, 0.15) is 5.75 Å². The van der Waals surface area contributed by atoms with Gasteiger partial charge in [-0.2, -0.15) is 0 Å². The second-order valence-corrected chi connectivity index (χ2v) is 7.84. The van der Waals surface area contributed by atoms with Gasteiger partial charge in [-0.3, -0.25) is 4.99 Å². The minimum absolute atomic E-state index is 0. The molecule has 1 heterocycles. The molecule has 1 aromatic rings. The van der Waals surface area contributed by atoms with Gasteiger partial charge >= 0.3 is 0 Å². The lowest BCUT2D eigenvalue weighted by molar-refractivity contribution is 0.0243. The van der Waals surface area contributed by atoms with Crippen molar-refractivity contribution in [3.8, 4) is 5.75 Å². The van der Waals surface area contributed by atoms with E-state index in [4.69, 9.17) is 9.47 Å². The first-order valence-electron chi connectivity index (χ1n) is 8.90. The molecule has 2 rings (SSSR count). The van der Waals surface area contributed by atoms with Gasteiger partial charge in [-0.05, 0) is 37.8 Å². The summed E-state index contributed by atoms with van der Waals surface area (Å²) in [7, 11) is 3.52. The Labute approximate surface area is 179 Å². The van der Waals surface area contributed by atoms with Gasteiger partial charge in [0, 0.05) is 37.4 Å². The SMILES string of the molecule is CN=C(NCC(C)CSc1ccccc1OC)NCC1(C)CCCO1.I. The third-order valence-electron chi connectivity index (χ3n) is 4.36. The van der Waals surface area contributed by atoms with Crippen LogP contribution < -0.4 is 15.4 Å². The number of hydrogen-bond donors (Lipinski definition) is 2. The summed E-state index contributed by atoms with van der Waals surface area (Å²) in [5.74, 6) is 3.30. The number of benzene rings is 1. The number of thioether (sulfide) groups is 1. The molecule has 0 aliphatic carbocycles. The predicted octanol–water partition coefficient (Wildman–Crippen LogP) is 3.78. The molecule has 2 unspecified atom stereocenters. The van der Waals surface area contributed by atoms with E-state index in [0.717, 1.165) is 50.0 Å². The van der Waals surface area contributed by atoms with Gasteiger partial charge in [0.25, 0.3) is 0 Å². The number of aliphatic imine (C=N–C) groups is 1. The molecular weight excluding hydrogens is 461 g/mol. The Balaban J connectivity index is 0.00000338. The Kier molecular flexibility index (Phi) is 10.7. The first kappa shape index (κ1) is 23.4. The Hall–Kier alpha value is -0.670. The summed E-state index contributed by atoms with van der Waals surface area (Å²) in [5, 5.41) is 6.80. The molecule has 0 spiro atoms. The van der Waals surface area contributed by atoms with Crippen molar-refractivity contribution in [2.24, 2.45) is 10.9 Å². The minimum atomic E-state index is -0.0665. The zero-order valence-electron chi connectivity index (χ0n) is 16.2. The van der Waals surface area contributed by atoms with Crippen LogP contribution in [0.1, 0.15) is 26.7 Å². The fourth-order valence-corrected chi connectivity index (χ4v) is 3.82. The van der Waals surface area contributed by atoms with E-state index < -0.39 is 0 Å². The molecule has 7 heteroatoms. The summed E-state index contributed by atoms with van der Waals surface area (Å²) in [6, 6.07) is 8.15. The van der Waals surface area contributed by atoms with E-state index in [-0.39, 0.29) is 29.6 Å². The Morgan fingerprint density at radius 2 is 2.15 bits per heavy atom. The van der Waals surface area contributed by atoms with Crippen LogP contribution in [-0.2, 0) is 4.74 Å². The summed E-state index contributed by atoms with van der Waals surface area (Å²) in [5.41, 5.74) is -0.0665. The first-order valence-corrected chi connectivity index (χ1v) is 9.89. The number of hydrogen-bond acceptors (Lipinski definition) is 4. The maximum absolute atomic E-state index is 5.81. The predicted molar refractivity (Wildman–Crippen MR) is 121 cm³/mol.